The molecule has 3 nitrogen and oxygen atoms in total. The minimum atomic E-state index is 0.00675. The molecular weight excluding hydrogens is 246 g/mol. The molecule has 0 fully saturated rings. The number of thiophene rings is 1. The largest absolute Gasteiger partial charge is 0.497 e. The molecule has 0 amide bonds. The molecule has 0 saturated heterocycles. The molecule has 1 heterocycles. The SMILES string of the molecule is COc1ccc(CC(N)c2cc(OC)cs2)cc1. The zero-order valence-corrected chi connectivity index (χ0v) is 11.4. The summed E-state index contributed by atoms with van der Waals surface area (Å²) in [7, 11) is 3.33. The van der Waals surface area contributed by atoms with Gasteiger partial charge in [0.1, 0.15) is 11.5 Å². The maximum Gasteiger partial charge on any atom is 0.129 e. The second-order valence-electron chi connectivity index (χ2n) is 4.05. The van der Waals surface area contributed by atoms with Gasteiger partial charge in [-0.05, 0) is 30.2 Å². The van der Waals surface area contributed by atoms with E-state index in [9.17, 15) is 0 Å². The van der Waals surface area contributed by atoms with E-state index in [0.29, 0.717) is 0 Å². The summed E-state index contributed by atoms with van der Waals surface area (Å²) >= 11 is 1.63. The van der Waals surface area contributed by atoms with Crippen molar-refractivity contribution in [3.05, 3.63) is 46.2 Å². The smallest absolute Gasteiger partial charge is 0.129 e. The Morgan fingerprint density at radius 3 is 2.33 bits per heavy atom. The third-order valence-electron chi connectivity index (χ3n) is 2.81. The second kappa shape index (κ2) is 5.89. The Hall–Kier alpha value is -1.52. The summed E-state index contributed by atoms with van der Waals surface area (Å²) in [5.74, 6) is 1.74. The molecule has 1 aromatic heterocycles. The van der Waals surface area contributed by atoms with Crippen LogP contribution in [-0.2, 0) is 6.42 Å². The van der Waals surface area contributed by atoms with Crippen molar-refractivity contribution in [2.45, 2.75) is 12.5 Å². The molecule has 1 aromatic carbocycles. The van der Waals surface area contributed by atoms with Gasteiger partial charge < -0.3 is 15.2 Å². The van der Waals surface area contributed by atoms with Crippen LogP contribution in [-0.4, -0.2) is 14.2 Å². The van der Waals surface area contributed by atoms with Crippen molar-refractivity contribution < 1.29 is 9.47 Å². The molecule has 0 aliphatic heterocycles. The highest BCUT2D eigenvalue weighted by molar-refractivity contribution is 7.10. The van der Waals surface area contributed by atoms with Crippen molar-refractivity contribution in [1.82, 2.24) is 0 Å². The lowest BCUT2D eigenvalue weighted by molar-refractivity contribution is 0.414. The molecular formula is C14H17NO2S. The molecule has 0 radical (unpaired) electrons. The van der Waals surface area contributed by atoms with Crippen LogP contribution < -0.4 is 15.2 Å². The van der Waals surface area contributed by atoms with Gasteiger partial charge in [-0.25, -0.2) is 0 Å². The van der Waals surface area contributed by atoms with Gasteiger partial charge in [0.15, 0.2) is 0 Å². The second-order valence-corrected chi connectivity index (χ2v) is 4.99. The summed E-state index contributed by atoms with van der Waals surface area (Å²) in [5.41, 5.74) is 7.39. The van der Waals surface area contributed by atoms with E-state index in [1.165, 1.54) is 5.56 Å². The lowest BCUT2D eigenvalue weighted by Gasteiger charge is -2.10. The van der Waals surface area contributed by atoms with E-state index in [1.54, 1.807) is 25.6 Å². The third kappa shape index (κ3) is 3.03. The highest BCUT2D eigenvalue weighted by atomic mass is 32.1. The van der Waals surface area contributed by atoms with E-state index < -0.39 is 0 Å². The fraction of sp³-hybridized carbons (Fsp3) is 0.286. The van der Waals surface area contributed by atoms with Crippen molar-refractivity contribution in [2.75, 3.05) is 14.2 Å². The summed E-state index contributed by atoms with van der Waals surface area (Å²) in [5, 5.41) is 1.98. The van der Waals surface area contributed by atoms with Gasteiger partial charge in [-0.3, -0.25) is 0 Å². The number of hydrogen-bond acceptors (Lipinski definition) is 4. The molecule has 0 bridgehead atoms. The average molecular weight is 263 g/mol. The first-order chi connectivity index (χ1) is 8.72. The monoisotopic (exact) mass is 263 g/mol. The van der Waals surface area contributed by atoms with Crippen LogP contribution in [0.5, 0.6) is 11.5 Å². The quantitative estimate of drug-likeness (QED) is 0.902. The minimum absolute atomic E-state index is 0.00675. The first-order valence-corrected chi connectivity index (χ1v) is 6.62. The molecule has 2 N–H and O–H groups in total. The van der Waals surface area contributed by atoms with E-state index in [0.717, 1.165) is 22.8 Å². The van der Waals surface area contributed by atoms with Crippen LogP contribution in [0.1, 0.15) is 16.5 Å². The minimum Gasteiger partial charge on any atom is -0.497 e. The number of benzene rings is 1. The Balaban J connectivity index is 2.03. The first-order valence-electron chi connectivity index (χ1n) is 5.74. The third-order valence-corrected chi connectivity index (χ3v) is 3.85. The highest BCUT2D eigenvalue weighted by Gasteiger charge is 2.10. The maximum atomic E-state index is 6.19. The lowest BCUT2D eigenvalue weighted by Crippen LogP contribution is -2.11. The van der Waals surface area contributed by atoms with Crippen LogP contribution >= 0.6 is 11.3 Å². The van der Waals surface area contributed by atoms with Gasteiger partial charge in [-0.2, -0.15) is 0 Å². The van der Waals surface area contributed by atoms with Gasteiger partial charge in [-0.1, -0.05) is 12.1 Å². The maximum absolute atomic E-state index is 6.19. The highest BCUT2D eigenvalue weighted by Crippen LogP contribution is 2.27. The molecule has 4 heteroatoms. The number of ether oxygens (including phenoxy) is 2. The normalized spacial score (nSPS) is 12.2. The molecule has 0 saturated carbocycles. The van der Waals surface area contributed by atoms with Crippen LogP contribution in [0.3, 0.4) is 0 Å². The Kier molecular flexibility index (Phi) is 4.23. The molecule has 0 aliphatic carbocycles. The van der Waals surface area contributed by atoms with Crippen molar-refractivity contribution in [3.8, 4) is 11.5 Å². The van der Waals surface area contributed by atoms with Crippen molar-refractivity contribution in [2.24, 2.45) is 5.73 Å². The van der Waals surface area contributed by atoms with Crippen LogP contribution in [0.25, 0.3) is 0 Å². The zero-order valence-electron chi connectivity index (χ0n) is 10.6. The zero-order chi connectivity index (χ0) is 13.0. The summed E-state index contributed by atoms with van der Waals surface area (Å²) in [6.07, 6.45) is 0.813. The summed E-state index contributed by atoms with van der Waals surface area (Å²) in [6.45, 7) is 0. The summed E-state index contributed by atoms with van der Waals surface area (Å²) in [4.78, 5) is 1.14. The van der Waals surface area contributed by atoms with Gasteiger partial charge in [0.05, 0.1) is 14.2 Å². The van der Waals surface area contributed by atoms with Gasteiger partial charge in [0.2, 0.25) is 0 Å². The predicted octanol–water partition coefficient (Wildman–Crippen LogP) is 3.01. The Morgan fingerprint density at radius 1 is 1.11 bits per heavy atom. The summed E-state index contributed by atoms with van der Waals surface area (Å²) in [6, 6.07) is 10.0. The van der Waals surface area contributed by atoms with Crippen LogP contribution in [0.4, 0.5) is 0 Å². The van der Waals surface area contributed by atoms with Crippen molar-refractivity contribution in [1.29, 1.82) is 0 Å². The molecule has 1 unspecified atom stereocenters. The molecule has 1 atom stereocenters. The van der Waals surface area contributed by atoms with E-state index in [-0.39, 0.29) is 6.04 Å². The molecule has 0 spiro atoms. The lowest BCUT2D eigenvalue weighted by atomic mass is 10.1. The molecule has 2 aromatic rings. The van der Waals surface area contributed by atoms with E-state index in [2.05, 4.69) is 0 Å². The number of nitrogens with two attached hydrogens (primary N) is 1. The van der Waals surface area contributed by atoms with Gasteiger partial charge >= 0.3 is 0 Å². The van der Waals surface area contributed by atoms with Crippen LogP contribution in [0.15, 0.2) is 35.7 Å². The topological polar surface area (TPSA) is 44.5 Å². The Bertz CT molecular complexity index is 493. The molecule has 2 rings (SSSR count). The van der Waals surface area contributed by atoms with E-state index in [1.807, 2.05) is 35.7 Å². The Morgan fingerprint density at radius 2 is 1.78 bits per heavy atom. The standard InChI is InChI=1S/C14H17NO2S/c1-16-11-5-3-10(4-6-11)7-13(15)14-8-12(17-2)9-18-14/h3-6,8-9,13H,7,15H2,1-2H3. The molecule has 18 heavy (non-hydrogen) atoms. The van der Waals surface area contributed by atoms with Gasteiger partial charge in [0, 0.05) is 16.3 Å². The number of methoxy groups -OCH3 is 2. The van der Waals surface area contributed by atoms with Crippen molar-refractivity contribution >= 4 is 11.3 Å². The van der Waals surface area contributed by atoms with Crippen LogP contribution in [0.2, 0.25) is 0 Å². The fourth-order valence-electron chi connectivity index (χ4n) is 1.75. The van der Waals surface area contributed by atoms with Crippen molar-refractivity contribution in [3.63, 3.8) is 0 Å². The Labute approximate surface area is 111 Å². The number of rotatable bonds is 5. The van der Waals surface area contributed by atoms with Gasteiger partial charge in [-0.15, -0.1) is 11.3 Å². The first kappa shape index (κ1) is 12.9. The predicted molar refractivity (Wildman–Crippen MR) is 74.5 cm³/mol. The molecule has 96 valence electrons. The van der Waals surface area contributed by atoms with E-state index >= 15 is 0 Å². The van der Waals surface area contributed by atoms with Gasteiger partial charge in [0.25, 0.3) is 0 Å². The van der Waals surface area contributed by atoms with Crippen LogP contribution in [0, 0.1) is 0 Å². The average Bonchev–Trinajstić information content (AvgIpc) is 2.88. The number of hydrogen-bond donors (Lipinski definition) is 1. The summed E-state index contributed by atoms with van der Waals surface area (Å²) < 4.78 is 10.3. The van der Waals surface area contributed by atoms with E-state index in [4.69, 9.17) is 15.2 Å². The molecule has 0 aliphatic rings. The fourth-order valence-corrected chi connectivity index (χ4v) is 2.61.